The lowest BCUT2D eigenvalue weighted by molar-refractivity contribution is -0.136. The van der Waals surface area contributed by atoms with Crippen LogP contribution in [-0.2, 0) is 9.53 Å². The Morgan fingerprint density at radius 1 is 1.14 bits per heavy atom. The SMILES string of the molecule is COC(=O)C1=C(C)N(c2ccc3c(c2)OCCO3)C(=S)N[C@@H]1c1ccccc1C. The van der Waals surface area contributed by atoms with Crippen molar-refractivity contribution in [1.29, 1.82) is 0 Å². The summed E-state index contributed by atoms with van der Waals surface area (Å²) in [6.07, 6.45) is 0. The number of fused-ring (bicyclic) bond motifs is 1. The van der Waals surface area contributed by atoms with E-state index in [-0.39, 0.29) is 6.04 Å². The maximum absolute atomic E-state index is 12.8. The molecule has 1 N–H and O–H groups in total. The lowest BCUT2D eigenvalue weighted by Crippen LogP contribution is -2.48. The summed E-state index contributed by atoms with van der Waals surface area (Å²) < 4.78 is 16.4. The van der Waals surface area contributed by atoms with Crippen molar-refractivity contribution < 1.29 is 19.0 Å². The first kappa shape index (κ1) is 19.3. The highest BCUT2D eigenvalue weighted by Gasteiger charge is 2.36. The molecule has 1 atom stereocenters. The predicted molar refractivity (Wildman–Crippen MR) is 114 cm³/mol. The first-order valence-corrected chi connectivity index (χ1v) is 9.77. The third kappa shape index (κ3) is 3.42. The number of allylic oxidation sites excluding steroid dienone is 1. The molecular weight excluding hydrogens is 388 g/mol. The zero-order valence-corrected chi connectivity index (χ0v) is 17.3. The van der Waals surface area contributed by atoms with Gasteiger partial charge in [-0.15, -0.1) is 0 Å². The average molecular weight is 410 g/mol. The van der Waals surface area contributed by atoms with E-state index in [9.17, 15) is 4.79 Å². The Hall–Kier alpha value is -3.06. The number of hydrogen-bond donors (Lipinski definition) is 1. The van der Waals surface area contributed by atoms with Crippen molar-refractivity contribution >= 4 is 29.0 Å². The van der Waals surface area contributed by atoms with E-state index >= 15 is 0 Å². The summed E-state index contributed by atoms with van der Waals surface area (Å²) in [6, 6.07) is 13.2. The molecule has 4 rings (SSSR count). The summed E-state index contributed by atoms with van der Waals surface area (Å²) in [7, 11) is 1.39. The second-order valence-corrected chi connectivity index (χ2v) is 7.28. The maximum Gasteiger partial charge on any atom is 0.337 e. The van der Waals surface area contributed by atoms with E-state index in [1.165, 1.54) is 7.11 Å². The summed E-state index contributed by atoms with van der Waals surface area (Å²) in [5.74, 6) is 0.960. The Kier molecular flexibility index (Phi) is 5.15. The van der Waals surface area contributed by atoms with Crippen LogP contribution in [-0.4, -0.2) is 31.4 Å². The summed E-state index contributed by atoms with van der Waals surface area (Å²) in [5, 5.41) is 3.82. The van der Waals surface area contributed by atoms with E-state index in [4.69, 9.17) is 26.4 Å². The molecule has 0 aliphatic carbocycles. The van der Waals surface area contributed by atoms with Crippen LogP contribution in [0.2, 0.25) is 0 Å². The van der Waals surface area contributed by atoms with Gasteiger partial charge in [-0.1, -0.05) is 24.3 Å². The first-order chi connectivity index (χ1) is 14.0. The molecule has 2 aromatic rings. The van der Waals surface area contributed by atoms with Crippen LogP contribution in [0.3, 0.4) is 0 Å². The van der Waals surface area contributed by atoms with Crippen molar-refractivity contribution in [3.63, 3.8) is 0 Å². The smallest absolute Gasteiger partial charge is 0.337 e. The monoisotopic (exact) mass is 410 g/mol. The molecule has 0 aromatic heterocycles. The average Bonchev–Trinajstić information content (AvgIpc) is 2.73. The second kappa shape index (κ2) is 7.75. The van der Waals surface area contributed by atoms with Gasteiger partial charge in [-0.2, -0.15) is 0 Å². The lowest BCUT2D eigenvalue weighted by atomic mass is 9.92. The number of rotatable bonds is 3. The largest absolute Gasteiger partial charge is 0.486 e. The number of ether oxygens (including phenoxy) is 3. The second-order valence-electron chi connectivity index (χ2n) is 6.89. The van der Waals surface area contributed by atoms with Crippen LogP contribution in [0.4, 0.5) is 5.69 Å². The van der Waals surface area contributed by atoms with Gasteiger partial charge in [0.25, 0.3) is 0 Å². The molecule has 6 nitrogen and oxygen atoms in total. The molecule has 2 aliphatic heterocycles. The van der Waals surface area contributed by atoms with E-state index in [0.717, 1.165) is 16.8 Å². The number of hydrogen-bond acceptors (Lipinski definition) is 5. The Bertz CT molecular complexity index is 1020. The van der Waals surface area contributed by atoms with Crippen molar-refractivity contribution in [3.05, 3.63) is 64.9 Å². The molecule has 0 saturated carbocycles. The molecular formula is C22H22N2O4S. The minimum absolute atomic E-state index is 0.385. The fraction of sp³-hybridized carbons (Fsp3) is 0.273. The van der Waals surface area contributed by atoms with E-state index < -0.39 is 5.97 Å². The number of esters is 1. The van der Waals surface area contributed by atoms with Crippen molar-refractivity contribution in [2.75, 3.05) is 25.2 Å². The molecule has 2 aromatic carbocycles. The molecule has 29 heavy (non-hydrogen) atoms. The normalized spacial score (nSPS) is 18.4. The van der Waals surface area contributed by atoms with E-state index in [1.807, 2.05) is 61.2 Å². The minimum atomic E-state index is -0.395. The number of nitrogens with zero attached hydrogens (tertiary/aromatic N) is 1. The molecule has 0 bridgehead atoms. The highest BCUT2D eigenvalue weighted by Crippen LogP contribution is 2.39. The van der Waals surface area contributed by atoms with Gasteiger partial charge in [0.2, 0.25) is 0 Å². The Balaban J connectivity index is 1.82. The third-order valence-electron chi connectivity index (χ3n) is 5.17. The van der Waals surface area contributed by atoms with Crippen LogP contribution in [0.1, 0.15) is 24.1 Å². The summed E-state index contributed by atoms with van der Waals surface area (Å²) in [5.41, 5.74) is 4.07. The Morgan fingerprint density at radius 3 is 2.59 bits per heavy atom. The Morgan fingerprint density at radius 2 is 1.86 bits per heavy atom. The number of carbonyl (C=O) groups is 1. The molecule has 0 fully saturated rings. The number of anilines is 1. The topological polar surface area (TPSA) is 60.0 Å². The Labute approximate surface area is 175 Å². The van der Waals surface area contributed by atoms with E-state index in [1.54, 1.807) is 0 Å². The molecule has 0 unspecified atom stereocenters. The number of aryl methyl sites for hydroxylation is 1. The van der Waals surface area contributed by atoms with Crippen molar-refractivity contribution in [3.8, 4) is 11.5 Å². The molecule has 2 aliphatic rings. The van der Waals surface area contributed by atoms with Gasteiger partial charge >= 0.3 is 5.97 Å². The van der Waals surface area contributed by atoms with Gasteiger partial charge in [-0.05, 0) is 49.3 Å². The van der Waals surface area contributed by atoms with Crippen LogP contribution in [0.15, 0.2) is 53.7 Å². The van der Waals surface area contributed by atoms with E-state index in [0.29, 0.717) is 41.1 Å². The maximum atomic E-state index is 12.8. The van der Waals surface area contributed by atoms with Gasteiger partial charge in [-0.3, -0.25) is 4.90 Å². The minimum Gasteiger partial charge on any atom is -0.486 e. The highest BCUT2D eigenvalue weighted by molar-refractivity contribution is 7.80. The number of thiocarbonyl (C=S) groups is 1. The summed E-state index contributed by atoms with van der Waals surface area (Å²) in [6.45, 7) is 4.91. The van der Waals surface area contributed by atoms with E-state index in [2.05, 4.69) is 5.32 Å². The fourth-order valence-electron chi connectivity index (χ4n) is 3.74. The van der Waals surface area contributed by atoms with Gasteiger partial charge in [0, 0.05) is 11.8 Å². The van der Waals surface area contributed by atoms with Gasteiger partial charge in [0.05, 0.1) is 24.4 Å². The molecule has 7 heteroatoms. The van der Waals surface area contributed by atoms with Crippen LogP contribution in [0.25, 0.3) is 0 Å². The van der Waals surface area contributed by atoms with Gasteiger partial charge in [0.1, 0.15) is 13.2 Å². The van der Waals surface area contributed by atoms with Crippen LogP contribution in [0, 0.1) is 6.92 Å². The van der Waals surface area contributed by atoms with Gasteiger partial charge in [0.15, 0.2) is 16.6 Å². The molecule has 0 radical (unpaired) electrons. The van der Waals surface area contributed by atoms with Gasteiger partial charge < -0.3 is 19.5 Å². The van der Waals surface area contributed by atoms with Crippen molar-refractivity contribution in [2.24, 2.45) is 0 Å². The number of nitrogens with one attached hydrogen (secondary N) is 1. The number of carbonyl (C=O) groups excluding carboxylic acids is 1. The summed E-state index contributed by atoms with van der Waals surface area (Å²) in [4.78, 5) is 14.6. The predicted octanol–water partition coefficient (Wildman–Crippen LogP) is 3.65. The van der Waals surface area contributed by atoms with Crippen molar-refractivity contribution in [2.45, 2.75) is 19.9 Å². The zero-order valence-electron chi connectivity index (χ0n) is 16.5. The fourth-order valence-corrected chi connectivity index (χ4v) is 4.10. The number of benzene rings is 2. The van der Waals surface area contributed by atoms with Crippen LogP contribution in [0.5, 0.6) is 11.5 Å². The first-order valence-electron chi connectivity index (χ1n) is 9.36. The van der Waals surface area contributed by atoms with Crippen LogP contribution < -0.4 is 19.7 Å². The summed E-state index contributed by atoms with van der Waals surface area (Å²) >= 11 is 5.69. The molecule has 0 spiro atoms. The number of methoxy groups -OCH3 is 1. The lowest BCUT2D eigenvalue weighted by Gasteiger charge is -2.38. The zero-order chi connectivity index (χ0) is 20.5. The standard InChI is InChI=1S/C22H22N2O4S/c1-13-6-4-5-7-16(13)20-19(21(25)26-3)14(2)24(22(29)23-20)15-8-9-17-18(12-15)28-11-10-27-17/h4-9,12,20H,10-11H2,1-3H3,(H,23,29)/t20-/m1/s1. The third-order valence-corrected chi connectivity index (χ3v) is 5.47. The van der Waals surface area contributed by atoms with Crippen molar-refractivity contribution in [1.82, 2.24) is 5.32 Å². The van der Waals surface area contributed by atoms with Gasteiger partial charge in [-0.25, -0.2) is 4.79 Å². The van der Waals surface area contributed by atoms with Crippen LogP contribution >= 0.6 is 12.2 Å². The molecule has 0 saturated heterocycles. The molecule has 0 amide bonds. The molecule has 2 heterocycles. The highest BCUT2D eigenvalue weighted by atomic mass is 32.1. The quantitative estimate of drug-likeness (QED) is 0.612. The molecule has 150 valence electrons.